The molecule has 1 aliphatic carbocycles. The van der Waals surface area contributed by atoms with Gasteiger partial charge in [0.1, 0.15) is 0 Å². The highest BCUT2D eigenvalue weighted by Crippen LogP contribution is 2.48. The van der Waals surface area contributed by atoms with Gasteiger partial charge in [-0.05, 0) is 30.1 Å². The monoisotopic (exact) mass is 234 g/mol. The van der Waals surface area contributed by atoms with E-state index in [0.717, 1.165) is 0 Å². The third-order valence-electron chi connectivity index (χ3n) is 5.01. The lowest BCUT2D eigenvalue weighted by Gasteiger charge is -2.46. The molecule has 0 radical (unpaired) electrons. The van der Waals surface area contributed by atoms with Crippen LogP contribution in [0, 0.1) is 10.8 Å². The summed E-state index contributed by atoms with van der Waals surface area (Å²) in [5.41, 5.74) is 0.742. The summed E-state index contributed by atoms with van der Waals surface area (Å²) in [5, 5.41) is 0. The predicted molar refractivity (Wildman–Crippen MR) is 75.2 cm³/mol. The average molecular weight is 234 g/mol. The number of hydrogen-bond acceptors (Lipinski definition) is 2. The van der Waals surface area contributed by atoms with Gasteiger partial charge in [0.05, 0.1) is 12.1 Å². The molecule has 0 saturated heterocycles. The highest BCUT2D eigenvalue weighted by atomic mass is 14.9. The normalized spacial score (nSPS) is 38.4. The minimum absolute atomic E-state index is 0.353. The maximum Gasteiger partial charge on any atom is 0.0728 e. The molecular formula is C15H26N2. The second-order valence-electron chi connectivity index (χ2n) is 6.99. The van der Waals surface area contributed by atoms with Gasteiger partial charge in [-0.2, -0.15) is 0 Å². The molecule has 1 aliphatic heterocycles. The molecule has 17 heavy (non-hydrogen) atoms. The molecule has 96 valence electrons. The zero-order valence-electron chi connectivity index (χ0n) is 11.7. The van der Waals surface area contributed by atoms with Gasteiger partial charge in [-0.25, -0.2) is 0 Å². The zero-order chi connectivity index (χ0) is 12.5. The molecule has 1 heterocycles. The van der Waals surface area contributed by atoms with Crippen LogP contribution in [0.4, 0.5) is 0 Å². The van der Waals surface area contributed by atoms with Gasteiger partial charge in [-0.3, -0.25) is 9.98 Å². The summed E-state index contributed by atoms with van der Waals surface area (Å²) in [4.78, 5) is 9.31. The molecule has 0 aromatic carbocycles. The second kappa shape index (κ2) is 4.55. The Kier molecular flexibility index (Phi) is 3.42. The van der Waals surface area contributed by atoms with Crippen LogP contribution in [-0.2, 0) is 0 Å². The van der Waals surface area contributed by atoms with Crippen molar-refractivity contribution in [1.29, 1.82) is 0 Å². The van der Waals surface area contributed by atoms with E-state index < -0.39 is 0 Å². The van der Waals surface area contributed by atoms with Crippen LogP contribution in [0.2, 0.25) is 0 Å². The van der Waals surface area contributed by atoms with Gasteiger partial charge in [0.15, 0.2) is 0 Å². The minimum Gasteiger partial charge on any atom is -0.286 e. The lowest BCUT2D eigenvalue weighted by molar-refractivity contribution is 0.0625. The summed E-state index contributed by atoms with van der Waals surface area (Å²) in [7, 11) is 0. The second-order valence-corrected chi connectivity index (χ2v) is 6.99. The van der Waals surface area contributed by atoms with Gasteiger partial charge in [-0.15, -0.1) is 0 Å². The van der Waals surface area contributed by atoms with Crippen molar-refractivity contribution in [3.05, 3.63) is 0 Å². The van der Waals surface area contributed by atoms with E-state index >= 15 is 0 Å². The van der Waals surface area contributed by atoms with E-state index in [1.165, 1.54) is 32.1 Å². The summed E-state index contributed by atoms with van der Waals surface area (Å²) >= 11 is 0. The number of aliphatic imine (C=N–C) groups is 2. The van der Waals surface area contributed by atoms with Crippen molar-refractivity contribution < 1.29 is 0 Å². The molecular weight excluding hydrogens is 208 g/mol. The Hall–Kier alpha value is -0.660. The summed E-state index contributed by atoms with van der Waals surface area (Å²) in [6, 6.07) is 0.867. The Labute approximate surface area is 106 Å². The third kappa shape index (κ3) is 2.61. The minimum atomic E-state index is 0.353. The molecule has 2 nitrogen and oxygen atoms in total. The van der Waals surface area contributed by atoms with E-state index in [1.807, 2.05) is 12.4 Å². The fraction of sp³-hybridized carbons (Fsp3) is 0.867. The zero-order valence-corrected chi connectivity index (χ0v) is 11.7. The van der Waals surface area contributed by atoms with E-state index in [1.54, 1.807) is 0 Å². The van der Waals surface area contributed by atoms with Gasteiger partial charge in [0, 0.05) is 12.4 Å². The van der Waals surface area contributed by atoms with Crippen molar-refractivity contribution in [3.8, 4) is 0 Å². The van der Waals surface area contributed by atoms with Gasteiger partial charge >= 0.3 is 0 Å². The standard InChI is InChI=1S/C15H26N2/c1-14(2,3)15(4)8-6-5-7-12-13(11-15)17-10-9-16-12/h9-10,12-13H,5-8,11H2,1-4H3. The van der Waals surface area contributed by atoms with E-state index in [2.05, 4.69) is 37.7 Å². The first kappa shape index (κ1) is 12.8. The Bertz CT molecular complexity index is 324. The molecule has 2 aliphatic rings. The largest absolute Gasteiger partial charge is 0.286 e. The van der Waals surface area contributed by atoms with Gasteiger partial charge < -0.3 is 0 Å². The Morgan fingerprint density at radius 3 is 2.35 bits per heavy atom. The van der Waals surface area contributed by atoms with Crippen LogP contribution in [0.15, 0.2) is 9.98 Å². The predicted octanol–water partition coefficient (Wildman–Crippen LogP) is 3.90. The van der Waals surface area contributed by atoms with Crippen LogP contribution in [0.5, 0.6) is 0 Å². The van der Waals surface area contributed by atoms with Gasteiger partial charge in [0.25, 0.3) is 0 Å². The van der Waals surface area contributed by atoms with Crippen LogP contribution in [-0.4, -0.2) is 24.5 Å². The van der Waals surface area contributed by atoms with E-state index in [4.69, 9.17) is 0 Å². The smallest absolute Gasteiger partial charge is 0.0728 e. The van der Waals surface area contributed by atoms with E-state index in [0.29, 0.717) is 22.9 Å². The molecule has 0 N–H and O–H groups in total. The van der Waals surface area contributed by atoms with E-state index in [-0.39, 0.29) is 0 Å². The maximum absolute atomic E-state index is 4.69. The van der Waals surface area contributed by atoms with Gasteiger partial charge in [-0.1, -0.05) is 40.5 Å². The van der Waals surface area contributed by atoms with E-state index in [9.17, 15) is 0 Å². The molecule has 0 spiro atoms. The summed E-state index contributed by atoms with van der Waals surface area (Å²) in [6.45, 7) is 9.57. The lowest BCUT2D eigenvalue weighted by atomic mass is 9.61. The Balaban J connectivity index is 2.20. The first-order valence-corrected chi connectivity index (χ1v) is 6.97. The molecule has 2 heteroatoms. The quantitative estimate of drug-likeness (QED) is 0.607. The summed E-state index contributed by atoms with van der Waals surface area (Å²) in [6.07, 6.45) is 10.2. The average Bonchev–Trinajstić information content (AvgIpc) is 2.22. The molecule has 0 bridgehead atoms. The molecule has 2 rings (SSSR count). The van der Waals surface area contributed by atoms with Crippen molar-refractivity contribution >= 4 is 12.4 Å². The number of nitrogens with zero attached hydrogens (tertiary/aromatic N) is 2. The molecule has 3 atom stereocenters. The summed E-state index contributed by atoms with van der Waals surface area (Å²) in [5.74, 6) is 0. The Morgan fingerprint density at radius 1 is 1.06 bits per heavy atom. The molecule has 1 saturated carbocycles. The SMILES string of the molecule is CC(C)(C)C1(C)CCCCC2N=CC=NC2C1. The van der Waals surface area contributed by atoms with Crippen molar-refractivity contribution in [2.75, 3.05) is 0 Å². The number of fused-ring (bicyclic) bond motifs is 1. The molecule has 1 fully saturated rings. The fourth-order valence-corrected chi connectivity index (χ4v) is 3.07. The first-order valence-electron chi connectivity index (χ1n) is 6.97. The summed E-state index contributed by atoms with van der Waals surface area (Å²) < 4.78 is 0. The van der Waals surface area contributed by atoms with Crippen LogP contribution < -0.4 is 0 Å². The van der Waals surface area contributed by atoms with Crippen molar-refractivity contribution in [3.63, 3.8) is 0 Å². The number of rotatable bonds is 0. The fourth-order valence-electron chi connectivity index (χ4n) is 3.07. The highest BCUT2D eigenvalue weighted by Gasteiger charge is 2.41. The molecule has 0 aromatic heterocycles. The first-order chi connectivity index (χ1) is 7.92. The van der Waals surface area contributed by atoms with Crippen LogP contribution in [0.25, 0.3) is 0 Å². The third-order valence-corrected chi connectivity index (χ3v) is 5.01. The van der Waals surface area contributed by atoms with Crippen LogP contribution in [0.1, 0.15) is 59.8 Å². The Morgan fingerprint density at radius 2 is 1.71 bits per heavy atom. The van der Waals surface area contributed by atoms with Crippen LogP contribution in [0.3, 0.4) is 0 Å². The van der Waals surface area contributed by atoms with Crippen LogP contribution >= 0.6 is 0 Å². The topological polar surface area (TPSA) is 24.7 Å². The molecule has 3 unspecified atom stereocenters. The molecule has 0 aromatic rings. The van der Waals surface area contributed by atoms with Crippen molar-refractivity contribution in [1.82, 2.24) is 0 Å². The maximum atomic E-state index is 4.69. The number of hydrogen-bond donors (Lipinski definition) is 0. The van der Waals surface area contributed by atoms with Gasteiger partial charge in [0.2, 0.25) is 0 Å². The highest BCUT2D eigenvalue weighted by molar-refractivity contribution is 6.16. The van der Waals surface area contributed by atoms with Crippen molar-refractivity contribution in [2.45, 2.75) is 71.9 Å². The van der Waals surface area contributed by atoms with Crippen molar-refractivity contribution in [2.24, 2.45) is 20.8 Å². The lowest BCUT2D eigenvalue weighted by Crippen LogP contribution is -2.41. The molecule has 0 amide bonds.